The van der Waals surface area contributed by atoms with E-state index < -0.39 is 0 Å². The maximum absolute atomic E-state index is 12.1. The molecular formula is C19H20N2O2. The normalized spacial score (nSPS) is 19.8. The molecule has 1 atom stereocenters. The van der Waals surface area contributed by atoms with Crippen molar-refractivity contribution in [2.45, 2.75) is 25.2 Å². The van der Waals surface area contributed by atoms with Gasteiger partial charge in [0.15, 0.2) is 0 Å². The number of ketones is 1. The Morgan fingerprint density at radius 2 is 1.83 bits per heavy atom. The number of carbonyl (C=O) groups excluding carboxylic acids is 1. The number of methoxy groups -OCH3 is 1. The number of carbonyl (C=O) groups is 1. The van der Waals surface area contributed by atoms with Crippen LogP contribution in [0.4, 0.5) is 11.4 Å². The second-order valence-electron chi connectivity index (χ2n) is 5.83. The molecule has 0 bridgehead atoms. The van der Waals surface area contributed by atoms with Gasteiger partial charge >= 0.3 is 0 Å². The molecule has 1 fully saturated rings. The van der Waals surface area contributed by atoms with Gasteiger partial charge in [0, 0.05) is 18.6 Å². The van der Waals surface area contributed by atoms with E-state index in [0.29, 0.717) is 18.5 Å². The zero-order valence-electron chi connectivity index (χ0n) is 13.2. The zero-order chi connectivity index (χ0) is 16.2. The van der Waals surface area contributed by atoms with E-state index in [1.807, 2.05) is 48.5 Å². The lowest BCUT2D eigenvalue weighted by Gasteiger charge is -2.23. The van der Waals surface area contributed by atoms with Crippen LogP contribution in [0.15, 0.2) is 53.5 Å². The van der Waals surface area contributed by atoms with Crippen LogP contribution in [0, 0.1) is 0 Å². The smallest absolute Gasteiger partial charge is 0.139 e. The van der Waals surface area contributed by atoms with E-state index in [0.717, 1.165) is 29.1 Å². The van der Waals surface area contributed by atoms with Crippen molar-refractivity contribution in [1.82, 2.24) is 0 Å². The highest BCUT2D eigenvalue weighted by atomic mass is 16.5. The predicted molar refractivity (Wildman–Crippen MR) is 92.5 cm³/mol. The highest BCUT2D eigenvalue weighted by Gasteiger charge is 2.25. The van der Waals surface area contributed by atoms with Gasteiger partial charge in [0.2, 0.25) is 0 Å². The minimum atomic E-state index is 0.172. The van der Waals surface area contributed by atoms with Gasteiger partial charge in [0.1, 0.15) is 11.5 Å². The van der Waals surface area contributed by atoms with E-state index in [1.54, 1.807) is 7.11 Å². The molecule has 1 aliphatic rings. The van der Waals surface area contributed by atoms with E-state index in [-0.39, 0.29) is 11.7 Å². The summed E-state index contributed by atoms with van der Waals surface area (Å²) in [6.07, 6.45) is 1.77. The van der Waals surface area contributed by atoms with Gasteiger partial charge in [0.05, 0.1) is 18.5 Å². The van der Waals surface area contributed by atoms with Crippen LogP contribution in [-0.4, -0.2) is 18.6 Å². The highest BCUT2D eigenvalue weighted by Crippen LogP contribution is 2.32. The van der Waals surface area contributed by atoms with Crippen LogP contribution in [0.5, 0.6) is 5.75 Å². The minimum absolute atomic E-state index is 0.172. The summed E-state index contributed by atoms with van der Waals surface area (Å²) in [5.41, 5.74) is 9.37. The lowest BCUT2D eigenvalue weighted by atomic mass is 9.82. The topological polar surface area (TPSA) is 64.7 Å². The van der Waals surface area contributed by atoms with Crippen molar-refractivity contribution in [3.05, 3.63) is 54.1 Å². The third-order valence-electron chi connectivity index (χ3n) is 4.16. The van der Waals surface area contributed by atoms with Crippen LogP contribution in [-0.2, 0) is 4.79 Å². The van der Waals surface area contributed by atoms with Crippen LogP contribution in [0.2, 0.25) is 0 Å². The number of para-hydroxylation sites is 2. The molecule has 0 aromatic heterocycles. The van der Waals surface area contributed by atoms with Crippen molar-refractivity contribution in [3.8, 4) is 5.75 Å². The number of rotatable bonds is 3. The molecule has 0 aliphatic heterocycles. The molecule has 4 heteroatoms. The molecule has 1 saturated carbocycles. The van der Waals surface area contributed by atoms with Crippen molar-refractivity contribution in [1.29, 1.82) is 0 Å². The zero-order valence-corrected chi connectivity index (χ0v) is 13.2. The van der Waals surface area contributed by atoms with Crippen LogP contribution in [0.3, 0.4) is 0 Å². The van der Waals surface area contributed by atoms with E-state index in [9.17, 15) is 4.79 Å². The van der Waals surface area contributed by atoms with Gasteiger partial charge in [-0.1, -0.05) is 24.3 Å². The molecule has 0 spiro atoms. The maximum atomic E-state index is 12.1. The highest BCUT2D eigenvalue weighted by molar-refractivity contribution is 6.06. The number of aliphatic imine (C=N–C) groups is 1. The second kappa shape index (κ2) is 6.65. The molecule has 1 unspecified atom stereocenters. The average Bonchev–Trinajstić information content (AvgIpc) is 2.56. The van der Waals surface area contributed by atoms with Crippen molar-refractivity contribution in [2.24, 2.45) is 4.99 Å². The minimum Gasteiger partial charge on any atom is -0.497 e. The first kappa shape index (κ1) is 15.3. The first-order chi connectivity index (χ1) is 11.2. The van der Waals surface area contributed by atoms with Gasteiger partial charge in [-0.25, -0.2) is 0 Å². The number of nitrogens with zero attached hydrogens (tertiary/aromatic N) is 1. The van der Waals surface area contributed by atoms with Crippen molar-refractivity contribution in [2.75, 3.05) is 12.8 Å². The Bertz CT molecular complexity index is 735. The Morgan fingerprint density at radius 3 is 2.52 bits per heavy atom. The van der Waals surface area contributed by atoms with E-state index in [4.69, 9.17) is 10.5 Å². The van der Waals surface area contributed by atoms with E-state index >= 15 is 0 Å². The van der Waals surface area contributed by atoms with E-state index in [1.165, 1.54) is 0 Å². The first-order valence-corrected chi connectivity index (χ1v) is 7.72. The summed E-state index contributed by atoms with van der Waals surface area (Å²) >= 11 is 0. The Balaban J connectivity index is 1.84. The summed E-state index contributed by atoms with van der Waals surface area (Å²) in [7, 11) is 1.65. The number of nitrogens with two attached hydrogens (primary N) is 1. The Hall–Kier alpha value is -2.62. The molecule has 0 heterocycles. The van der Waals surface area contributed by atoms with Gasteiger partial charge in [0.25, 0.3) is 0 Å². The fraction of sp³-hybridized carbons (Fsp3) is 0.263. The third-order valence-corrected chi connectivity index (χ3v) is 4.16. The molecule has 118 valence electrons. The lowest BCUT2D eigenvalue weighted by molar-refractivity contribution is -0.118. The number of nitrogen functional groups attached to an aromatic ring is 1. The lowest BCUT2D eigenvalue weighted by Crippen LogP contribution is -2.21. The van der Waals surface area contributed by atoms with Crippen LogP contribution in [0.1, 0.15) is 30.7 Å². The summed E-state index contributed by atoms with van der Waals surface area (Å²) < 4.78 is 5.19. The van der Waals surface area contributed by atoms with Gasteiger partial charge in [-0.05, 0) is 42.2 Å². The van der Waals surface area contributed by atoms with Gasteiger partial charge in [-0.15, -0.1) is 0 Å². The molecule has 23 heavy (non-hydrogen) atoms. The van der Waals surface area contributed by atoms with Crippen molar-refractivity contribution < 1.29 is 9.53 Å². The number of Topliss-reactive ketones (excluding diaryl/α,β-unsaturated/α-hetero) is 1. The summed E-state index contributed by atoms with van der Waals surface area (Å²) in [6.45, 7) is 0. The number of hydrogen-bond acceptors (Lipinski definition) is 4. The van der Waals surface area contributed by atoms with Crippen LogP contribution in [0.25, 0.3) is 0 Å². The SMILES string of the molecule is COc1ccc(C2CC(=O)CC(=Nc3ccccc3N)C2)cc1. The number of anilines is 1. The molecular weight excluding hydrogens is 288 g/mol. The predicted octanol–water partition coefficient (Wildman–Crippen LogP) is 3.89. The van der Waals surface area contributed by atoms with Gasteiger partial charge in [-0.3, -0.25) is 9.79 Å². The number of benzene rings is 2. The van der Waals surface area contributed by atoms with Crippen molar-refractivity contribution >= 4 is 22.9 Å². The van der Waals surface area contributed by atoms with Gasteiger partial charge < -0.3 is 10.5 Å². The average molecular weight is 308 g/mol. The maximum Gasteiger partial charge on any atom is 0.139 e. The summed E-state index contributed by atoms with van der Waals surface area (Å²) in [5, 5.41) is 0. The molecule has 4 nitrogen and oxygen atoms in total. The van der Waals surface area contributed by atoms with Crippen LogP contribution < -0.4 is 10.5 Å². The van der Waals surface area contributed by atoms with Crippen molar-refractivity contribution in [3.63, 3.8) is 0 Å². The summed E-state index contributed by atoms with van der Waals surface area (Å²) in [4.78, 5) is 16.7. The summed E-state index contributed by atoms with van der Waals surface area (Å²) in [6, 6.07) is 15.4. The molecule has 2 aromatic carbocycles. The molecule has 0 amide bonds. The third kappa shape index (κ3) is 3.59. The molecule has 0 saturated heterocycles. The number of hydrogen-bond donors (Lipinski definition) is 1. The molecule has 0 radical (unpaired) electrons. The first-order valence-electron chi connectivity index (χ1n) is 7.72. The fourth-order valence-electron chi connectivity index (χ4n) is 2.96. The molecule has 3 rings (SSSR count). The second-order valence-corrected chi connectivity index (χ2v) is 5.83. The van der Waals surface area contributed by atoms with Gasteiger partial charge in [-0.2, -0.15) is 0 Å². The Labute approximate surface area is 136 Å². The Kier molecular flexibility index (Phi) is 4.42. The monoisotopic (exact) mass is 308 g/mol. The summed E-state index contributed by atoms with van der Waals surface area (Å²) in [5.74, 6) is 1.22. The largest absolute Gasteiger partial charge is 0.497 e. The Morgan fingerprint density at radius 1 is 1.09 bits per heavy atom. The number of ether oxygens (including phenoxy) is 1. The quantitative estimate of drug-likeness (QED) is 0.875. The van der Waals surface area contributed by atoms with E-state index in [2.05, 4.69) is 4.99 Å². The fourth-order valence-corrected chi connectivity index (χ4v) is 2.96. The molecule has 2 aromatic rings. The van der Waals surface area contributed by atoms with Crippen LogP contribution >= 0.6 is 0 Å². The molecule has 2 N–H and O–H groups in total. The molecule has 1 aliphatic carbocycles. The standard InChI is InChI=1S/C19H20N2O2/c1-23-17-8-6-13(7-9-17)14-10-15(12-16(22)11-14)21-19-5-3-2-4-18(19)20/h2-9,14H,10-12,20H2,1H3.